The highest BCUT2D eigenvalue weighted by molar-refractivity contribution is 7.09. The summed E-state index contributed by atoms with van der Waals surface area (Å²) in [6.45, 7) is 2.42. The fraction of sp³-hybridized carbons (Fsp3) is 0.214. The largest absolute Gasteiger partial charge is 0.347 e. The fourth-order valence-corrected chi connectivity index (χ4v) is 2.70. The average Bonchev–Trinajstić information content (AvgIpc) is 3.16. The maximum absolute atomic E-state index is 12.2. The van der Waals surface area contributed by atoms with Gasteiger partial charge in [0.25, 0.3) is 5.91 Å². The minimum Gasteiger partial charge on any atom is -0.347 e. The van der Waals surface area contributed by atoms with Crippen LogP contribution in [0.4, 0.5) is 0 Å². The number of rotatable bonds is 4. The minimum absolute atomic E-state index is 0.114. The zero-order valence-corrected chi connectivity index (χ0v) is 12.6. The SMILES string of the molecule is Cc1nc(-c2cc(C(=O)NCc3cn[nH]c3)n(C)c2)cs1. The van der Waals surface area contributed by atoms with Crippen molar-refractivity contribution in [3.05, 3.63) is 46.3 Å². The molecule has 0 fully saturated rings. The third-order valence-electron chi connectivity index (χ3n) is 3.16. The van der Waals surface area contributed by atoms with Gasteiger partial charge in [-0.2, -0.15) is 5.10 Å². The molecule has 21 heavy (non-hydrogen) atoms. The molecule has 0 unspecified atom stereocenters. The molecule has 1 amide bonds. The molecular weight excluding hydrogens is 286 g/mol. The lowest BCUT2D eigenvalue weighted by atomic mass is 10.2. The third kappa shape index (κ3) is 2.87. The Hall–Kier alpha value is -2.41. The van der Waals surface area contributed by atoms with Gasteiger partial charge in [-0.15, -0.1) is 11.3 Å². The molecule has 7 heteroatoms. The van der Waals surface area contributed by atoms with Gasteiger partial charge in [-0.05, 0) is 13.0 Å². The quantitative estimate of drug-likeness (QED) is 0.775. The van der Waals surface area contributed by atoms with Crippen LogP contribution in [0.25, 0.3) is 11.3 Å². The molecule has 0 radical (unpaired) electrons. The molecule has 2 N–H and O–H groups in total. The van der Waals surface area contributed by atoms with E-state index < -0.39 is 0 Å². The predicted molar refractivity (Wildman–Crippen MR) is 81.0 cm³/mol. The Balaban J connectivity index is 1.76. The van der Waals surface area contributed by atoms with Crippen LogP contribution in [0, 0.1) is 6.92 Å². The first-order chi connectivity index (χ1) is 10.1. The van der Waals surface area contributed by atoms with Gasteiger partial charge in [0.2, 0.25) is 0 Å². The van der Waals surface area contributed by atoms with Gasteiger partial charge >= 0.3 is 0 Å². The number of aryl methyl sites for hydroxylation is 2. The van der Waals surface area contributed by atoms with E-state index in [9.17, 15) is 4.79 Å². The number of aromatic amines is 1. The summed E-state index contributed by atoms with van der Waals surface area (Å²) in [5.41, 5.74) is 3.41. The monoisotopic (exact) mass is 301 g/mol. The molecule has 0 spiro atoms. The van der Waals surface area contributed by atoms with Crippen LogP contribution < -0.4 is 5.32 Å². The summed E-state index contributed by atoms with van der Waals surface area (Å²) in [5.74, 6) is -0.114. The standard InChI is InChI=1S/C14H15N5OS/c1-9-18-12(8-21-9)11-3-13(19(2)7-11)14(20)15-4-10-5-16-17-6-10/h3,5-8H,4H2,1-2H3,(H,15,20)(H,16,17). The lowest BCUT2D eigenvalue weighted by molar-refractivity contribution is 0.0943. The molecule has 6 nitrogen and oxygen atoms in total. The van der Waals surface area contributed by atoms with Crippen LogP contribution in [0.1, 0.15) is 21.1 Å². The van der Waals surface area contributed by atoms with Crippen molar-refractivity contribution in [1.82, 2.24) is 25.1 Å². The summed E-state index contributed by atoms with van der Waals surface area (Å²) in [6, 6.07) is 1.86. The second-order valence-corrected chi connectivity index (χ2v) is 5.83. The van der Waals surface area contributed by atoms with Gasteiger partial charge in [0.1, 0.15) is 5.69 Å². The molecule has 0 bridgehead atoms. The van der Waals surface area contributed by atoms with Crippen molar-refractivity contribution in [3.8, 4) is 11.3 Å². The molecule has 3 aromatic heterocycles. The van der Waals surface area contributed by atoms with Crippen LogP contribution in [0.5, 0.6) is 0 Å². The minimum atomic E-state index is -0.114. The van der Waals surface area contributed by atoms with Gasteiger partial charge in [0.15, 0.2) is 0 Å². The second-order valence-electron chi connectivity index (χ2n) is 4.77. The smallest absolute Gasteiger partial charge is 0.268 e. The van der Waals surface area contributed by atoms with E-state index in [1.165, 1.54) is 0 Å². The Morgan fingerprint density at radius 1 is 1.52 bits per heavy atom. The van der Waals surface area contributed by atoms with E-state index >= 15 is 0 Å². The first-order valence-corrected chi connectivity index (χ1v) is 7.36. The summed E-state index contributed by atoms with van der Waals surface area (Å²) in [7, 11) is 1.86. The molecule has 0 atom stereocenters. The zero-order chi connectivity index (χ0) is 14.8. The van der Waals surface area contributed by atoms with Crippen molar-refractivity contribution in [2.45, 2.75) is 13.5 Å². The summed E-state index contributed by atoms with van der Waals surface area (Å²) < 4.78 is 1.81. The Morgan fingerprint density at radius 3 is 3.05 bits per heavy atom. The van der Waals surface area contributed by atoms with Gasteiger partial charge in [-0.1, -0.05) is 0 Å². The van der Waals surface area contributed by atoms with Gasteiger partial charge in [-0.3, -0.25) is 9.89 Å². The van der Waals surface area contributed by atoms with Gasteiger partial charge < -0.3 is 9.88 Å². The van der Waals surface area contributed by atoms with E-state index in [2.05, 4.69) is 20.5 Å². The molecule has 0 aliphatic rings. The number of hydrogen-bond acceptors (Lipinski definition) is 4. The number of nitrogens with one attached hydrogen (secondary N) is 2. The lowest BCUT2D eigenvalue weighted by Gasteiger charge is -2.04. The van der Waals surface area contributed by atoms with Crippen LogP contribution in [0.2, 0.25) is 0 Å². The van der Waals surface area contributed by atoms with Crippen LogP contribution in [-0.2, 0) is 13.6 Å². The molecule has 3 rings (SSSR count). The normalized spacial score (nSPS) is 10.8. The number of thiazole rings is 1. The van der Waals surface area contributed by atoms with Crippen molar-refractivity contribution in [3.63, 3.8) is 0 Å². The number of hydrogen-bond donors (Lipinski definition) is 2. The fourth-order valence-electron chi connectivity index (χ4n) is 2.07. The lowest BCUT2D eigenvalue weighted by Crippen LogP contribution is -2.24. The summed E-state index contributed by atoms with van der Waals surface area (Å²) in [4.78, 5) is 16.7. The number of nitrogens with zero attached hydrogens (tertiary/aromatic N) is 3. The van der Waals surface area contributed by atoms with Gasteiger partial charge in [-0.25, -0.2) is 4.98 Å². The topological polar surface area (TPSA) is 75.6 Å². The molecule has 3 aromatic rings. The van der Waals surface area contributed by atoms with Gasteiger partial charge in [0.05, 0.1) is 16.9 Å². The van der Waals surface area contributed by atoms with E-state index in [4.69, 9.17) is 0 Å². The van der Waals surface area contributed by atoms with Crippen LogP contribution in [0.15, 0.2) is 30.0 Å². The first-order valence-electron chi connectivity index (χ1n) is 6.48. The van der Waals surface area contributed by atoms with Crippen molar-refractivity contribution in [2.24, 2.45) is 7.05 Å². The highest BCUT2D eigenvalue weighted by Gasteiger charge is 2.14. The maximum Gasteiger partial charge on any atom is 0.268 e. The molecule has 0 saturated heterocycles. The Kier molecular flexibility index (Phi) is 3.57. The van der Waals surface area contributed by atoms with Crippen molar-refractivity contribution >= 4 is 17.2 Å². The van der Waals surface area contributed by atoms with Crippen LogP contribution in [-0.4, -0.2) is 25.7 Å². The Morgan fingerprint density at radius 2 is 2.38 bits per heavy atom. The maximum atomic E-state index is 12.2. The molecule has 0 saturated carbocycles. The van der Waals surface area contributed by atoms with Crippen LogP contribution >= 0.6 is 11.3 Å². The molecule has 0 aromatic carbocycles. The van der Waals surface area contributed by atoms with Gasteiger partial charge in [0, 0.05) is 42.5 Å². The number of carbonyl (C=O) groups excluding carboxylic acids is 1. The second kappa shape index (κ2) is 5.53. The summed E-state index contributed by atoms with van der Waals surface area (Å²) >= 11 is 1.60. The Labute approximate surface area is 125 Å². The van der Waals surface area contributed by atoms with E-state index in [1.807, 2.05) is 36.2 Å². The molecule has 3 heterocycles. The Bertz CT molecular complexity index is 756. The summed E-state index contributed by atoms with van der Waals surface area (Å²) in [6.07, 6.45) is 5.37. The molecular formula is C14H15N5OS. The number of amides is 1. The highest BCUT2D eigenvalue weighted by atomic mass is 32.1. The molecule has 0 aliphatic carbocycles. The molecule has 108 valence electrons. The molecule has 0 aliphatic heterocycles. The van der Waals surface area contributed by atoms with E-state index in [1.54, 1.807) is 23.7 Å². The van der Waals surface area contributed by atoms with Crippen molar-refractivity contribution in [2.75, 3.05) is 0 Å². The van der Waals surface area contributed by atoms with Crippen LogP contribution in [0.3, 0.4) is 0 Å². The van der Waals surface area contributed by atoms with Crippen molar-refractivity contribution in [1.29, 1.82) is 0 Å². The number of carbonyl (C=O) groups is 1. The zero-order valence-electron chi connectivity index (χ0n) is 11.8. The number of H-pyrrole nitrogens is 1. The highest BCUT2D eigenvalue weighted by Crippen LogP contribution is 2.23. The van der Waals surface area contributed by atoms with E-state index in [-0.39, 0.29) is 5.91 Å². The predicted octanol–water partition coefficient (Wildman–Crippen LogP) is 2.11. The average molecular weight is 301 g/mol. The van der Waals surface area contributed by atoms with E-state index in [0.717, 1.165) is 21.8 Å². The third-order valence-corrected chi connectivity index (χ3v) is 3.93. The number of aromatic nitrogens is 4. The van der Waals surface area contributed by atoms with E-state index in [0.29, 0.717) is 12.2 Å². The summed E-state index contributed by atoms with van der Waals surface area (Å²) in [5, 5.41) is 12.5. The van der Waals surface area contributed by atoms with Crippen molar-refractivity contribution < 1.29 is 4.79 Å². The first kappa shape index (κ1) is 13.6.